The highest BCUT2D eigenvalue weighted by Crippen LogP contribution is 2.34. The van der Waals surface area contributed by atoms with E-state index in [1.807, 2.05) is 0 Å². The van der Waals surface area contributed by atoms with Gasteiger partial charge in [0.1, 0.15) is 0 Å². The molecule has 0 fully saturated rings. The average molecular weight is 306 g/mol. The number of carbonyl (C=O) groups excluding carboxylic acids is 1. The maximum atomic E-state index is 12.7. The highest BCUT2D eigenvalue weighted by Gasteiger charge is 2.34. The van der Waals surface area contributed by atoms with Gasteiger partial charge in [0.2, 0.25) is 0 Å². The average Bonchev–Trinajstić information content (AvgIpc) is 2.41. The summed E-state index contributed by atoms with van der Waals surface area (Å²) in [6.07, 6.45) is -4.59. The van der Waals surface area contributed by atoms with Gasteiger partial charge >= 0.3 is 6.18 Å². The Labute approximate surface area is 120 Å². The summed E-state index contributed by atoms with van der Waals surface area (Å²) < 4.78 is 47.9. The quantitative estimate of drug-likeness (QED) is 0.594. The molecule has 0 heterocycles. The van der Waals surface area contributed by atoms with Crippen molar-refractivity contribution < 1.29 is 27.4 Å². The second-order valence-electron chi connectivity index (χ2n) is 4.13. The molecule has 1 amide bonds. The maximum absolute atomic E-state index is 12.7. The largest absolute Gasteiger partial charge is 0.418 e. The second kappa shape index (κ2) is 7.84. The van der Waals surface area contributed by atoms with Crippen molar-refractivity contribution in [3.63, 3.8) is 0 Å². The van der Waals surface area contributed by atoms with Gasteiger partial charge in [-0.3, -0.25) is 4.79 Å². The molecule has 0 aliphatic carbocycles. The third kappa shape index (κ3) is 5.24. The van der Waals surface area contributed by atoms with Crippen molar-refractivity contribution in [1.82, 2.24) is 5.32 Å². The SMILES string of the molecule is COCCOCCNC(=O)c1cccc(C(F)(F)F)c1N. The van der Waals surface area contributed by atoms with Gasteiger partial charge in [0.05, 0.1) is 36.6 Å². The Kier molecular flexibility index (Phi) is 6.44. The molecule has 8 heteroatoms. The van der Waals surface area contributed by atoms with Crippen molar-refractivity contribution in [2.75, 3.05) is 39.2 Å². The number of benzene rings is 1. The summed E-state index contributed by atoms with van der Waals surface area (Å²) in [4.78, 5) is 11.8. The van der Waals surface area contributed by atoms with Gasteiger partial charge in [0.25, 0.3) is 5.91 Å². The van der Waals surface area contributed by atoms with E-state index in [2.05, 4.69) is 5.32 Å². The normalized spacial score (nSPS) is 11.4. The first-order valence-electron chi connectivity index (χ1n) is 6.18. The predicted molar refractivity (Wildman–Crippen MR) is 70.9 cm³/mol. The van der Waals surface area contributed by atoms with E-state index < -0.39 is 23.3 Å². The van der Waals surface area contributed by atoms with Gasteiger partial charge in [-0.05, 0) is 12.1 Å². The lowest BCUT2D eigenvalue weighted by atomic mass is 10.1. The third-order valence-corrected chi connectivity index (χ3v) is 2.62. The summed E-state index contributed by atoms with van der Waals surface area (Å²) in [7, 11) is 1.53. The minimum Gasteiger partial charge on any atom is -0.398 e. The van der Waals surface area contributed by atoms with E-state index >= 15 is 0 Å². The number of alkyl halides is 3. The fourth-order valence-electron chi connectivity index (χ4n) is 1.59. The Morgan fingerprint density at radius 1 is 1.29 bits per heavy atom. The van der Waals surface area contributed by atoms with E-state index in [-0.39, 0.29) is 18.7 Å². The van der Waals surface area contributed by atoms with Crippen molar-refractivity contribution in [2.45, 2.75) is 6.18 Å². The highest BCUT2D eigenvalue weighted by atomic mass is 19.4. The lowest BCUT2D eigenvalue weighted by molar-refractivity contribution is -0.136. The molecule has 1 rings (SSSR count). The molecule has 1 aromatic rings. The van der Waals surface area contributed by atoms with Crippen LogP contribution in [0.3, 0.4) is 0 Å². The van der Waals surface area contributed by atoms with Crippen molar-refractivity contribution >= 4 is 11.6 Å². The highest BCUT2D eigenvalue weighted by molar-refractivity contribution is 5.99. The Balaban J connectivity index is 2.59. The first-order chi connectivity index (χ1) is 9.88. The summed E-state index contributed by atoms with van der Waals surface area (Å²) in [5.74, 6) is -0.672. The summed E-state index contributed by atoms with van der Waals surface area (Å²) in [5, 5.41) is 2.44. The Morgan fingerprint density at radius 2 is 2.00 bits per heavy atom. The summed E-state index contributed by atoms with van der Waals surface area (Å²) in [6, 6.07) is 3.22. The summed E-state index contributed by atoms with van der Waals surface area (Å²) >= 11 is 0. The fourth-order valence-corrected chi connectivity index (χ4v) is 1.59. The molecule has 0 atom stereocenters. The number of halogens is 3. The van der Waals surface area contributed by atoms with Gasteiger partial charge in [-0.1, -0.05) is 6.07 Å². The number of rotatable bonds is 7. The van der Waals surface area contributed by atoms with Crippen LogP contribution < -0.4 is 11.1 Å². The molecule has 21 heavy (non-hydrogen) atoms. The molecule has 0 spiro atoms. The molecule has 3 N–H and O–H groups in total. The number of anilines is 1. The molecule has 0 saturated heterocycles. The summed E-state index contributed by atoms with van der Waals surface area (Å²) in [6.45, 7) is 1.19. The van der Waals surface area contributed by atoms with Crippen LogP contribution in [0.5, 0.6) is 0 Å². The number of para-hydroxylation sites is 1. The van der Waals surface area contributed by atoms with E-state index in [1.54, 1.807) is 0 Å². The lowest BCUT2D eigenvalue weighted by Gasteiger charge is -2.13. The number of nitrogen functional groups attached to an aromatic ring is 1. The van der Waals surface area contributed by atoms with Gasteiger partial charge in [0.15, 0.2) is 0 Å². The fraction of sp³-hybridized carbons (Fsp3) is 0.462. The molecule has 0 aliphatic rings. The van der Waals surface area contributed by atoms with Crippen molar-refractivity contribution in [3.05, 3.63) is 29.3 Å². The van der Waals surface area contributed by atoms with E-state index in [0.29, 0.717) is 13.2 Å². The number of hydrogen-bond donors (Lipinski definition) is 2. The number of amides is 1. The van der Waals surface area contributed by atoms with Crippen LogP contribution in [0.2, 0.25) is 0 Å². The maximum Gasteiger partial charge on any atom is 0.418 e. The number of methoxy groups -OCH3 is 1. The minimum absolute atomic E-state index is 0.165. The standard InChI is InChI=1S/C13H17F3N2O3/c1-20-7-8-21-6-5-18-12(19)9-3-2-4-10(11(9)17)13(14,15)16/h2-4H,5-8,17H2,1H3,(H,18,19). The molecule has 0 bridgehead atoms. The zero-order valence-corrected chi connectivity index (χ0v) is 11.5. The molecule has 0 saturated carbocycles. The Bertz CT molecular complexity index is 478. The number of carbonyl (C=O) groups is 1. The van der Waals surface area contributed by atoms with Crippen LogP contribution in [0.15, 0.2) is 18.2 Å². The number of ether oxygens (including phenoxy) is 2. The molecular formula is C13H17F3N2O3. The van der Waals surface area contributed by atoms with Gasteiger partial charge in [0, 0.05) is 13.7 Å². The van der Waals surface area contributed by atoms with Gasteiger partial charge in [-0.2, -0.15) is 13.2 Å². The second-order valence-corrected chi connectivity index (χ2v) is 4.13. The molecule has 0 aromatic heterocycles. The van der Waals surface area contributed by atoms with Gasteiger partial charge < -0.3 is 20.5 Å². The van der Waals surface area contributed by atoms with Crippen LogP contribution in [0.1, 0.15) is 15.9 Å². The van der Waals surface area contributed by atoms with E-state index in [9.17, 15) is 18.0 Å². The van der Waals surface area contributed by atoms with Crippen LogP contribution in [-0.2, 0) is 15.7 Å². The predicted octanol–water partition coefficient (Wildman–Crippen LogP) is 1.68. The molecule has 5 nitrogen and oxygen atoms in total. The van der Waals surface area contributed by atoms with Gasteiger partial charge in [-0.25, -0.2) is 0 Å². The summed E-state index contributed by atoms with van der Waals surface area (Å²) in [5.41, 5.74) is 3.60. The van der Waals surface area contributed by atoms with Crippen LogP contribution in [0.25, 0.3) is 0 Å². The molecule has 0 radical (unpaired) electrons. The zero-order valence-electron chi connectivity index (χ0n) is 11.5. The van der Waals surface area contributed by atoms with E-state index in [4.69, 9.17) is 15.2 Å². The van der Waals surface area contributed by atoms with E-state index in [1.165, 1.54) is 13.2 Å². The topological polar surface area (TPSA) is 73.6 Å². The van der Waals surface area contributed by atoms with Crippen LogP contribution in [0, 0.1) is 0 Å². The van der Waals surface area contributed by atoms with E-state index in [0.717, 1.165) is 12.1 Å². The Morgan fingerprint density at radius 3 is 2.62 bits per heavy atom. The number of nitrogens with two attached hydrogens (primary N) is 1. The lowest BCUT2D eigenvalue weighted by Crippen LogP contribution is -2.29. The Hall–Kier alpha value is -1.80. The molecule has 1 aromatic carbocycles. The molecular weight excluding hydrogens is 289 g/mol. The first kappa shape index (κ1) is 17.3. The van der Waals surface area contributed by atoms with Crippen LogP contribution >= 0.6 is 0 Å². The minimum atomic E-state index is -4.59. The number of nitrogens with one attached hydrogen (secondary N) is 1. The van der Waals surface area contributed by atoms with Crippen molar-refractivity contribution in [2.24, 2.45) is 0 Å². The van der Waals surface area contributed by atoms with Crippen LogP contribution in [0.4, 0.5) is 18.9 Å². The smallest absolute Gasteiger partial charge is 0.398 e. The van der Waals surface area contributed by atoms with Crippen molar-refractivity contribution in [1.29, 1.82) is 0 Å². The monoisotopic (exact) mass is 306 g/mol. The third-order valence-electron chi connectivity index (χ3n) is 2.62. The molecule has 118 valence electrons. The zero-order chi connectivity index (χ0) is 15.9. The van der Waals surface area contributed by atoms with Crippen LogP contribution in [-0.4, -0.2) is 39.4 Å². The van der Waals surface area contributed by atoms with Crippen molar-refractivity contribution in [3.8, 4) is 0 Å². The van der Waals surface area contributed by atoms with Gasteiger partial charge in [-0.15, -0.1) is 0 Å². The molecule has 0 aliphatic heterocycles. The molecule has 0 unspecified atom stereocenters. The number of hydrogen-bond acceptors (Lipinski definition) is 4. The first-order valence-corrected chi connectivity index (χ1v) is 6.18.